The van der Waals surface area contributed by atoms with Gasteiger partial charge in [0.15, 0.2) is 31.5 Å². The molecule has 38 heteroatoms. The van der Waals surface area contributed by atoms with Crippen LogP contribution in [0.4, 0.5) is 0 Å². The molecule has 6 heterocycles. The number of hydrogen-bond donors (Lipinski definition) is 23. The van der Waals surface area contributed by atoms with Crippen molar-refractivity contribution in [1.29, 1.82) is 0 Å². The number of amides is 3. The highest BCUT2D eigenvalue weighted by atomic mass is 16.8. The lowest BCUT2D eigenvalue weighted by Gasteiger charge is -2.53. The molecule has 0 aromatic rings. The maximum absolute atomic E-state index is 13.6. The van der Waals surface area contributed by atoms with Gasteiger partial charge in [0.1, 0.15) is 147 Å². The van der Waals surface area contributed by atoms with E-state index in [0.717, 1.165) is 13.8 Å². The molecule has 0 aliphatic carbocycles. The van der Waals surface area contributed by atoms with Crippen molar-refractivity contribution in [3.8, 4) is 0 Å². The van der Waals surface area contributed by atoms with E-state index in [0.29, 0.717) is 0 Å². The van der Waals surface area contributed by atoms with Gasteiger partial charge in [-0.15, -0.1) is 0 Å². The zero-order valence-corrected chi connectivity index (χ0v) is 44.0. The summed E-state index contributed by atoms with van der Waals surface area (Å²) < 4.78 is 63.8. The number of nitrogens with one attached hydrogen (secondary N) is 3. The molecule has 0 unspecified atom stereocenters. The van der Waals surface area contributed by atoms with E-state index in [4.69, 9.17) is 52.1 Å². The molecule has 0 saturated carbocycles. The van der Waals surface area contributed by atoms with Crippen LogP contribution in [0.25, 0.3) is 0 Å². The number of hydrogen-bond acceptors (Lipinski definition) is 34. The first-order valence-corrected chi connectivity index (χ1v) is 25.9. The molecule has 0 bridgehead atoms. The summed E-state index contributed by atoms with van der Waals surface area (Å²) in [4.78, 5) is 51.1. The molecule has 83 heavy (non-hydrogen) atoms. The minimum Gasteiger partial charge on any atom is -0.477 e. The van der Waals surface area contributed by atoms with Gasteiger partial charge in [0, 0.05) is 20.3 Å². The van der Waals surface area contributed by atoms with Crippen molar-refractivity contribution in [2.45, 2.75) is 210 Å². The van der Waals surface area contributed by atoms with E-state index in [9.17, 15) is 121 Å². The van der Waals surface area contributed by atoms with Gasteiger partial charge in [-0.2, -0.15) is 0 Å². The molecule has 31 atom stereocenters. The van der Waals surface area contributed by atoms with Gasteiger partial charge in [0.25, 0.3) is 5.79 Å². The van der Waals surface area contributed by atoms with Crippen LogP contribution in [-0.4, -0.2) is 362 Å². The average Bonchev–Trinajstić information content (AvgIpc) is 2.62. The van der Waals surface area contributed by atoms with Crippen LogP contribution in [0.1, 0.15) is 20.3 Å². The Bertz CT molecular complexity index is 2110. The van der Waals surface area contributed by atoms with Crippen LogP contribution in [0.5, 0.6) is 0 Å². The van der Waals surface area contributed by atoms with E-state index >= 15 is 0 Å². The summed E-state index contributed by atoms with van der Waals surface area (Å²) in [7, 11) is 0. The molecule has 0 aromatic carbocycles. The second-order valence-corrected chi connectivity index (χ2v) is 20.4. The lowest BCUT2D eigenvalue weighted by molar-refractivity contribution is -0.403. The molecular weight excluding hydrogens is 1140 g/mol. The van der Waals surface area contributed by atoms with Gasteiger partial charge >= 0.3 is 5.97 Å². The fourth-order valence-corrected chi connectivity index (χ4v) is 10.4. The highest BCUT2D eigenvalue weighted by Gasteiger charge is 2.62. The summed E-state index contributed by atoms with van der Waals surface area (Å²) in [6.07, 6.45) is -58.4. The van der Waals surface area contributed by atoms with Gasteiger partial charge in [-0.3, -0.25) is 14.4 Å². The van der Waals surface area contributed by atoms with Crippen molar-refractivity contribution in [3.05, 3.63) is 0 Å². The second-order valence-electron chi connectivity index (χ2n) is 20.4. The van der Waals surface area contributed by atoms with E-state index in [2.05, 4.69) is 16.0 Å². The van der Waals surface area contributed by atoms with Gasteiger partial charge in [0.05, 0.1) is 51.8 Å². The monoisotopic (exact) mass is 1220 g/mol. The lowest BCUT2D eigenvalue weighted by atomic mass is 9.88. The summed E-state index contributed by atoms with van der Waals surface area (Å²) in [6.45, 7) is -6.09. The number of carbonyl (C=O) groups is 4. The van der Waals surface area contributed by atoms with Crippen molar-refractivity contribution in [2.75, 3.05) is 46.2 Å². The third-order valence-electron chi connectivity index (χ3n) is 14.7. The quantitative estimate of drug-likeness (QED) is 0.0452. The molecule has 38 nitrogen and oxygen atoms in total. The minimum absolute atomic E-state index is 0.776. The first-order valence-electron chi connectivity index (χ1n) is 25.9. The van der Waals surface area contributed by atoms with Crippen LogP contribution >= 0.6 is 0 Å². The van der Waals surface area contributed by atoms with Gasteiger partial charge in [-0.05, 0) is 0 Å². The van der Waals surface area contributed by atoms with Gasteiger partial charge in [0.2, 0.25) is 17.7 Å². The zero-order valence-electron chi connectivity index (χ0n) is 44.0. The van der Waals surface area contributed by atoms with Crippen LogP contribution in [-0.2, 0) is 71.3 Å². The Balaban J connectivity index is 1.38. The average molecular weight is 1220 g/mol. The number of carbonyl (C=O) groups excluding carboxylic acids is 3. The number of carboxylic acid groups (broad SMARTS) is 1. The third-order valence-corrected chi connectivity index (χ3v) is 14.7. The maximum atomic E-state index is 13.6. The van der Waals surface area contributed by atoms with E-state index in [-0.39, 0.29) is 0 Å². The van der Waals surface area contributed by atoms with Crippen molar-refractivity contribution < 1.29 is 173 Å². The van der Waals surface area contributed by atoms with Crippen LogP contribution in [0.2, 0.25) is 0 Å². The van der Waals surface area contributed by atoms with Crippen LogP contribution in [0, 0.1) is 0 Å². The zero-order chi connectivity index (χ0) is 61.7. The molecule has 23 N–H and O–H groups in total. The van der Waals surface area contributed by atoms with Crippen molar-refractivity contribution >= 4 is 23.7 Å². The molecule has 480 valence electrons. The summed E-state index contributed by atoms with van der Waals surface area (Å²) in [6, 6.07) is -5.54. The second kappa shape index (κ2) is 29.6. The Morgan fingerprint density at radius 2 is 0.952 bits per heavy atom. The number of carboxylic acids is 1. The van der Waals surface area contributed by atoms with Crippen LogP contribution in [0.15, 0.2) is 0 Å². The minimum atomic E-state index is -3.45. The SMILES string of the molecule is CC(=O)N[C@H]1[C@H](O[C@@H]2[C@H](O)[C@@H](O)[C@H](O[C@H]3[C@@H](O)[C@@H](CO)O[C@@H](O[C@@H]4[C@H](O[C@]5(C(=O)O)C[C@H](O)[C@@H](NC(=O)CO)[C@H]([C@H](O)[C@H](O)CO)O5)[C@@H](O)[C@H](O[C@H]5[C@H](O)[C@@H](O)[C@H](O)O[C@@H]5CO)O[C@@H]4CO)[C@@H]3NC(C)=O)O[C@@H]2CO)O[C@H](CO)[C@H](O)[C@@H]1O. The molecule has 6 aliphatic rings. The Labute approximate surface area is 468 Å². The molecule has 6 fully saturated rings. The number of ether oxygens (including phenoxy) is 11. The molecule has 6 rings (SSSR count). The molecule has 0 spiro atoms. The number of aliphatic hydroxyl groups is 19. The predicted molar refractivity (Wildman–Crippen MR) is 253 cm³/mol. The van der Waals surface area contributed by atoms with Crippen LogP contribution in [0.3, 0.4) is 0 Å². The first kappa shape index (κ1) is 68.8. The molecule has 3 amide bonds. The van der Waals surface area contributed by atoms with Gasteiger partial charge in [-0.25, -0.2) is 4.79 Å². The predicted octanol–water partition coefficient (Wildman–Crippen LogP) is -15.5. The van der Waals surface area contributed by atoms with Crippen LogP contribution < -0.4 is 16.0 Å². The fourth-order valence-electron chi connectivity index (χ4n) is 10.4. The Kier molecular flexibility index (Phi) is 24.5. The summed E-state index contributed by atoms with van der Waals surface area (Å²) >= 11 is 0. The highest BCUT2D eigenvalue weighted by molar-refractivity contribution is 5.78. The molecule has 0 radical (unpaired) electrons. The van der Waals surface area contributed by atoms with E-state index in [1.54, 1.807) is 0 Å². The summed E-state index contributed by atoms with van der Waals surface area (Å²) in [5, 5.41) is 222. The smallest absolute Gasteiger partial charge is 0.364 e. The maximum Gasteiger partial charge on any atom is 0.364 e. The molecule has 0 aromatic heterocycles. The van der Waals surface area contributed by atoms with Crippen molar-refractivity contribution in [2.24, 2.45) is 0 Å². The standard InChI is InChI=1S/C45H75N3O35/c1-11(56)46-22-27(64)25(62)15(5-50)74-40(22)78-34-18(8-53)76-42(31(68)29(34)66)81-36-23(47-12(2)57)41(75-16(6-51)26(36)63)80-35-19(9-54)77-43(79-33-17(7-52)73-39(70)30(67)28(33)65)32(69)38(35)83-45(44(71)72)3-13(58)21(48-20(60)10-55)37(82-45)24(61)14(59)4-49/h13-19,21-43,49-55,58-59,61-70H,3-10H2,1-2H3,(H,46,56)(H,47,57)(H,48,60)(H,71,72)/t13-,14+,15+,16+,17+,18+,19+,21+,22+,23+,24+,25-,26-,27+,28+,29+,30+,31+,32+,33+,34-,35-,36+,37+,38+,39+,40-,41-,42-,43-,45-/m0/s1. The van der Waals surface area contributed by atoms with E-state index in [1.807, 2.05) is 0 Å². The van der Waals surface area contributed by atoms with E-state index < -0.39 is 266 Å². The summed E-state index contributed by atoms with van der Waals surface area (Å²) in [5.41, 5.74) is 0. The van der Waals surface area contributed by atoms with Crippen molar-refractivity contribution in [1.82, 2.24) is 16.0 Å². The fraction of sp³-hybridized carbons (Fsp3) is 0.911. The van der Waals surface area contributed by atoms with E-state index in [1.165, 1.54) is 0 Å². The van der Waals surface area contributed by atoms with Gasteiger partial charge < -0.3 is 170 Å². The Morgan fingerprint density at radius 3 is 1.48 bits per heavy atom. The largest absolute Gasteiger partial charge is 0.477 e. The summed E-state index contributed by atoms with van der Waals surface area (Å²) in [5.74, 6) is -8.69. The number of rotatable bonds is 23. The Hall–Kier alpha value is -3.32. The lowest BCUT2D eigenvalue weighted by Crippen LogP contribution is -2.72. The number of aliphatic hydroxyl groups excluding tert-OH is 19. The van der Waals surface area contributed by atoms with Gasteiger partial charge in [-0.1, -0.05) is 0 Å². The molecule has 6 saturated heterocycles. The third kappa shape index (κ3) is 15.0. The Morgan fingerprint density at radius 1 is 0.494 bits per heavy atom. The van der Waals surface area contributed by atoms with Crippen molar-refractivity contribution in [3.63, 3.8) is 0 Å². The first-order chi connectivity index (χ1) is 39.1. The highest BCUT2D eigenvalue weighted by Crippen LogP contribution is 2.41. The normalized spacial score (nSPS) is 45.8. The molecular formula is C45H75N3O35. The molecule has 6 aliphatic heterocycles. The topological polar surface area (TPSA) is 611 Å². The number of aliphatic carboxylic acids is 1.